The van der Waals surface area contributed by atoms with E-state index >= 15 is 0 Å². The van der Waals surface area contributed by atoms with Gasteiger partial charge in [0, 0.05) is 22.4 Å². The van der Waals surface area contributed by atoms with Gasteiger partial charge >= 0.3 is 0 Å². The Kier molecular flexibility index (Phi) is 4.30. The lowest BCUT2D eigenvalue weighted by atomic mass is 10.1. The number of ether oxygens (including phenoxy) is 1. The zero-order chi connectivity index (χ0) is 12.1. The van der Waals surface area contributed by atoms with E-state index in [1.165, 1.54) is 5.56 Å². The largest absolute Gasteiger partial charge is 0.497 e. The Morgan fingerprint density at radius 3 is 2.29 bits per heavy atom. The van der Waals surface area contributed by atoms with E-state index in [-0.39, 0.29) is 0 Å². The summed E-state index contributed by atoms with van der Waals surface area (Å²) in [6, 6.07) is 8.10. The number of halogens is 1. The third-order valence-corrected chi connectivity index (χ3v) is 3.03. The summed E-state index contributed by atoms with van der Waals surface area (Å²) in [5, 5.41) is 0. The van der Waals surface area contributed by atoms with Crippen molar-refractivity contribution in [1.82, 2.24) is 9.97 Å². The minimum absolute atomic E-state index is 0.864. The average Bonchev–Trinajstić information content (AvgIpc) is 2.39. The van der Waals surface area contributed by atoms with Crippen LogP contribution >= 0.6 is 22.6 Å². The quantitative estimate of drug-likeness (QED) is 0.803. The molecule has 1 heterocycles. The van der Waals surface area contributed by atoms with E-state index in [1.54, 1.807) is 7.11 Å². The van der Waals surface area contributed by atoms with Crippen molar-refractivity contribution in [2.45, 2.75) is 12.8 Å². The molecule has 4 heteroatoms. The molecule has 0 aliphatic rings. The van der Waals surface area contributed by atoms with Crippen LogP contribution in [0.4, 0.5) is 0 Å². The monoisotopic (exact) mass is 340 g/mol. The highest BCUT2D eigenvalue weighted by Gasteiger charge is 1.99. The van der Waals surface area contributed by atoms with Gasteiger partial charge in [0.1, 0.15) is 11.6 Å². The van der Waals surface area contributed by atoms with Crippen LogP contribution in [0.2, 0.25) is 0 Å². The van der Waals surface area contributed by atoms with Gasteiger partial charge in [-0.2, -0.15) is 0 Å². The van der Waals surface area contributed by atoms with E-state index in [0.717, 1.165) is 28.0 Å². The molecule has 0 fully saturated rings. The first-order valence-electron chi connectivity index (χ1n) is 5.37. The van der Waals surface area contributed by atoms with Crippen LogP contribution in [0.1, 0.15) is 11.4 Å². The van der Waals surface area contributed by atoms with Gasteiger partial charge in [-0.15, -0.1) is 0 Å². The fourth-order valence-electron chi connectivity index (χ4n) is 1.52. The zero-order valence-electron chi connectivity index (χ0n) is 9.56. The smallest absolute Gasteiger partial charge is 0.128 e. The third-order valence-electron chi connectivity index (χ3n) is 2.47. The predicted octanol–water partition coefficient (Wildman–Crippen LogP) is 2.88. The Hall–Kier alpha value is -1.17. The molecule has 2 rings (SSSR count). The van der Waals surface area contributed by atoms with Gasteiger partial charge in [-0.25, -0.2) is 9.97 Å². The van der Waals surface area contributed by atoms with Crippen LogP contribution in [-0.4, -0.2) is 17.1 Å². The van der Waals surface area contributed by atoms with Gasteiger partial charge in [-0.05, 0) is 46.7 Å². The minimum Gasteiger partial charge on any atom is -0.497 e. The molecule has 0 amide bonds. The molecule has 0 radical (unpaired) electrons. The van der Waals surface area contributed by atoms with Crippen molar-refractivity contribution >= 4 is 22.6 Å². The summed E-state index contributed by atoms with van der Waals surface area (Å²) >= 11 is 2.21. The van der Waals surface area contributed by atoms with Crippen LogP contribution in [0, 0.1) is 3.57 Å². The van der Waals surface area contributed by atoms with E-state index in [2.05, 4.69) is 44.7 Å². The van der Waals surface area contributed by atoms with Crippen molar-refractivity contribution in [2.75, 3.05) is 7.11 Å². The van der Waals surface area contributed by atoms with Crippen molar-refractivity contribution in [1.29, 1.82) is 0 Å². The summed E-state index contributed by atoms with van der Waals surface area (Å²) in [6.07, 6.45) is 5.50. The van der Waals surface area contributed by atoms with Crippen molar-refractivity contribution in [2.24, 2.45) is 0 Å². The Balaban J connectivity index is 1.95. The molecule has 0 N–H and O–H groups in total. The summed E-state index contributed by atoms with van der Waals surface area (Å²) < 4.78 is 6.19. The third kappa shape index (κ3) is 3.66. The molecule has 0 aliphatic heterocycles. The van der Waals surface area contributed by atoms with Crippen LogP contribution < -0.4 is 4.74 Å². The fraction of sp³-hybridized carbons (Fsp3) is 0.231. The molecule has 88 valence electrons. The first kappa shape index (κ1) is 12.3. The van der Waals surface area contributed by atoms with Gasteiger partial charge < -0.3 is 4.74 Å². The summed E-state index contributed by atoms with van der Waals surface area (Å²) in [6.45, 7) is 0. The highest BCUT2D eigenvalue weighted by Crippen LogP contribution is 2.12. The lowest BCUT2D eigenvalue weighted by Crippen LogP contribution is -1.98. The highest BCUT2D eigenvalue weighted by atomic mass is 127. The molecular weight excluding hydrogens is 327 g/mol. The molecule has 1 aromatic heterocycles. The zero-order valence-corrected chi connectivity index (χ0v) is 11.7. The second-order valence-electron chi connectivity index (χ2n) is 3.67. The lowest BCUT2D eigenvalue weighted by Gasteiger charge is -2.03. The van der Waals surface area contributed by atoms with Crippen LogP contribution in [0.5, 0.6) is 5.75 Å². The number of aryl methyl sites for hydroxylation is 2. The molecule has 0 bridgehead atoms. The minimum atomic E-state index is 0.864. The average molecular weight is 340 g/mol. The normalized spacial score (nSPS) is 10.2. The van der Waals surface area contributed by atoms with E-state index in [0.29, 0.717) is 0 Å². The molecule has 1 aromatic carbocycles. The number of hydrogen-bond donors (Lipinski definition) is 0. The molecule has 0 saturated heterocycles. The first-order chi connectivity index (χ1) is 8.28. The van der Waals surface area contributed by atoms with Crippen molar-refractivity contribution in [3.05, 3.63) is 51.6 Å². The second-order valence-corrected chi connectivity index (χ2v) is 4.91. The molecule has 0 unspecified atom stereocenters. The van der Waals surface area contributed by atoms with Crippen molar-refractivity contribution < 1.29 is 4.74 Å². The van der Waals surface area contributed by atoms with Crippen molar-refractivity contribution in [3.63, 3.8) is 0 Å². The number of benzene rings is 1. The van der Waals surface area contributed by atoms with E-state index < -0.39 is 0 Å². The number of nitrogens with zero attached hydrogens (tertiary/aromatic N) is 2. The van der Waals surface area contributed by atoms with Gasteiger partial charge in [-0.3, -0.25) is 0 Å². The maximum atomic E-state index is 5.12. The fourth-order valence-corrected chi connectivity index (χ4v) is 1.79. The number of aromatic nitrogens is 2. The summed E-state index contributed by atoms with van der Waals surface area (Å²) in [5.41, 5.74) is 1.27. The summed E-state index contributed by atoms with van der Waals surface area (Å²) in [4.78, 5) is 8.57. The second kappa shape index (κ2) is 5.95. The molecule has 0 spiro atoms. The van der Waals surface area contributed by atoms with Gasteiger partial charge in [0.25, 0.3) is 0 Å². The highest BCUT2D eigenvalue weighted by molar-refractivity contribution is 14.1. The molecule has 3 nitrogen and oxygen atoms in total. The first-order valence-corrected chi connectivity index (χ1v) is 6.45. The topological polar surface area (TPSA) is 35.0 Å². The van der Waals surface area contributed by atoms with E-state index in [4.69, 9.17) is 4.74 Å². The maximum absolute atomic E-state index is 5.12. The Morgan fingerprint density at radius 1 is 1.06 bits per heavy atom. The van der Waals surface area contributed by atoms with Gasteiger partial charge in [0.2, 0.25) is 0 Å². The van der Waals surface area contributed by atoms with Crippen LogP contribution in [0.25, 0.3) is 0 Å². The Bertz CT molecular complexity index is 468. The molecule has 0 aliphatic carbocycles. The summed E-state index contributed by atoms with van der Waals surface area (Å²) in [7, 11) is 1.68. The molecular formula is C13H13IN2O. The Morgan fingerprint density at radius 2 is 1.71 bits per heavy atom. The van der Waals surface area contributed by atoms with E-state index in [9.17, 15) is 0 Å². The van der Waals surface area contributed by atoms with Crippen molar-refractivity contribution in [3.8, 4) is 5.75 Å². The Labute approximate surface area is 114 Å². The number of rotatable bonds is 4. The lowest BCUT2D eigenvalue weighted by molar-refractivity contribution is 0.414. The van der Waals surface area contributed by atoms with Crippen LogP contribution in [0.3, 0.4) is 0 Å². The van der Waals surface area contributed by atoms with Gasteiger partial charge in [0.05, 0.1) is 7.11 Å². The molecule has 2 aromatic rings. The number of hydrogen-bond acceptors (Lipinski definition) is 3. The van der Waals surface area contributed by atoms with Crippen LogP contribution in [-0.2, 0) is 12.8 Å². The molecule has 17 heavy (non-hydrogen) atoms. The standard InChI is InChI=1S/C13H13IN2O/c1-17-12-5-2-10(3-6-12)4-7-13-15-8-11(14)9-16-13/h2-3,5-6,8-9H,4,7H2,1H3. The van der Waals surface area contributed by atoms with Gasteiger partial charge in [-0.1, -0.05) is 12.1 Å². The summed E-state index contributed by atoms with van der Waals surface area (Å²) in [5.74, 6) is 1.78. The molecule has 0 atom stereocenters. The maximum Gasteiger partial charge on any atom is 0.128 e. The van der Waals surface area contributed by atoms with E-state index in [1.807, 2.05) is 24.5 Å². The predicted molar refractivity (Wildman–Crippen MR) is 75.2 cm³/mol. The SMILES string of the molecule is COc1ccc(CCc2ncc(I)cn2)cc1. The van der Waals surface area contributed by atoms with Crippen LogP contribution in [0.15, 0.2) is 36.7 Å². The number of methoxy groups -OCH3 is 1. The van der Waals surface area contributed by atoms with Gasteiger partial charge in [0.15, 0.2) is 0 Å². The molecule has 0 saturated carbocycles.